The minimum Gasteiger partial charge on any atom is -0.462 e. The molecular formula is C96H70Ir4N16O2Pt2S3-6. The molecule has 0 atom stereocenters. The number of pyridine rings is 2. The normalized spacial score (nSPS) is 12.2. The van der Waals surface area contributed by atoms with Gasteiger partial charge in [0.1, 0.15) is 22.5 Å². The zero-order valence-electron chi connectivity index (χ0n) is 66.5. The Morgan fingerprint density at radius 2 is 0.862 bits per heavy atom. The fourth-order valence-corrected chi connectivity index (χ4v) is 16.4. The molecular weight excluding hydrogens is 2660 g/mol. The predicted molar refractivity (Wildman–Crippen MR) is 459 cm³/mol. The zero-order chi connectivity index (χ0) is 79.9. The van der Waals surface area contributed by atoms with E-state index in [0.29, 0.717) is 23.3 Å². The van der Waals surface area contributed by atoms with E-state index in [1.165, 1.54) is 101 Å². The van der Waals surface area contributed by atoms with Gasteiger partial charge in [-0.05, 0) is 103 Å². The summed E-state index contributed by atoms with van der Waals surface area (Å²) in [5.74, 6) is 2.44. The molecule has 4 radical (unpaired) electrons. The Morgan fingerprint density at radius 1 is 0.374 bits per heavy atom. The maximum Gasteiger partial charge on any atom is 0.203 e. The van der Waals surface area contributed by atoms with Crippen LogP contribution in [0, 0.1) is 36.4 Å². The quantitative estimate of drug-likeness (QED) is 0.116. The van der Waals surface area contributed by atoms with Crippen LogP contribution in [0.3, 0.4) is 0 Å². The van der Waals surface area contributed by atoms with Gasteiger partial charge in [-0.3, -0.25) is 24.9 Å². The predicted octanol–water partition coefficient (Wildman–Crippen LogP) is 21.9. The van der Waals surface area contributed by atoms with E-state index in [4.69, 9.17) is 8.94 Å². The molecule has 0 spiro atoms. The Kier molecular flexibility index (Phi) is 32.0. The SMILES string of the molecule is CC1(C)c2ccccc2-c2c[c-]c(-c3cocn3)cc21.CC1(C)c2ccccc2-c2c[c-]c(-c3cscn3)cc21.Cn1nnc(-c2[c-]cc3c(c2)C(C)(C)c2ccccc2-3)n1.[Ir].[Ir].[Ir].[Ir].[Pt].[Pt].[c-]1ccc(-c2ccccc2)cc1-c1ncon1.[c-]1ccc(-c2ccccn2)cc1-c1ncsn1.[c-]1ccc(-c2ccccn2)cc1-c1nnn(-c2cccs2)n1. The smallest absolute Gasteiger partial charge is 0.203 e. The molecule has 9 heterocycles. The number of fused-ring (bicyclic) bond motifs is 9. The van der Waals surface area contributed by atoms with Gasteiger partial charge in [-0.25, -0.2) is 9.36 Å². The first kappa shape index (κ1) is 93.5. The summed E-state index contributed by atoms with van der Waals surface area (Å²) in [6, 6.07) is 101. The van der Waals surface area contributed by atoms with Gasteiger partial charge in [0.15, 0.2) is 6.39 Å². The van der Waals surface area contributed by atoms with Crippen LogP contribution in [0.25, 0.3) is 140 Å². The molecule has 0 unspecified atom stereocenters. The second-order valence-electron chi connectivity index (χ2n) is 29.0. The van der Waals surface area contributed by atoms with Gasteiger partial charge < -0.3 is 8.94 Å². The van der Waals surface area contributed by atoms with Gasteiger partial charge in [-0.15, -0.1) is 216 Å². The fraction of sp³-hybridized carbons (Fsp3) is 0.104. The molecule has 18 nitrogen and oxygen atoms in total. The van der Waals surface area contributed by atoms with E-state index in [9.17, 15) is 0 Å². The van der Waals surface area contributed by atoms with Gasteiger partial charge in [-0.2, -0.15) is 25.2 Å². The Morgan fingerprint density at radius 3 is 1.34 bits per heavy atom. The van der Waals surface area contributed by atoms with Crippen molar-refractivity contribution in [2.75, 3.05) is 0 Å². The van der Waals surface area contributed by atoms with Crippen LogP contribution in [0.4, 0.5) is 0 Å². The number of nitrogens with zero attached hydrogens (tertiary/aromatic N) is 16. The van der Waals surface area contributed by atoms with Crippen LogP contribution < -0.4 is 0 Å². The largest absolute Gasteiger partial charge is 0.462 e. The van der Waals surface area contributed by atoms with Gasteiger partial charge >= 0.3 is 0 Å². The fourth-order valence-electron chi connectivity index (χ4n) is 14.8. The number of hydrogen-bond acceptors (Lipinski definition) is 19. The molecule has 0 bridgehead atoms. The second kappa shape index (κ2) is 42.0. The minimum atomic E-state index is -0.0159. The molecule has 123 heavy (non-hydrogen) atoms. The molecule has 22 rings (SSSR count). The van der Waals surface area contributed by atoms with E-state index in [0.717, 1.165) is 83.4 Å². The Labute approximate surface area is 807 Å². The van der Waals surface area contributed by atoms with E-state index in [-0.39, 0.29) is 139 Å². The van der Waals surface area contributed by atoms with E-state index in [1.807, 2.05) is 132 Å². The van der Waals surface area contributed by atoms with Crippen molar-refractivity contribution in [1.82, 2.24) is 79.8 Å². The molecule has 0 N–H and O–H groups in total. The van der Waals surface area contributed by atoms with Crippen LogP contribution in [0.15, 0.2) is 305 Å². The van der Waals surface area contributed by atoms with Crippen molar-refractivity contribution in [2.45, 2.75) is 57.8 Å². The van der Waals surface area contributed by atoms with Gasteiger partial charge in [-0.1, -0.05) is 212 Å². The second-order valence-corrected chi connectivity index (χ2v) is 31.3. The summed E-state index contributed by atoms with van der Waals surface area (Å²) < 4.78 is 14.0. The van der Waals surface area contributed by atoms with Crippen molar-refractivity contribution in [2.24, 2.45) is 7.05 Å². The number of aryl methyl sites for hydroxylation is 1. The molecule has 27 heteroatoms. The average Bonchev–Trinajstić information content (AvgIpc) is 1.59. The summed E-state index contributed by atoms with van der Waals surface area (Å²) in [4.78, 5) is 28.5. The molecule has 19 aromatic rings. The topological polar surface area (TPSA) is 217 Å². The third-order valence-electron chi connectivity index (χ3n) is 20.7. The zero-order valence-corrected chi connectivity index (χ0v) is 83.0. The van der Waals surface area contributed by atoms with Gasteiger partial charge in [0.25, 0.3) is 0 Å². The maximum absolute atomic E-state index is 5.07. The van der Waals surface area contributed by atoms with Crippen molar-refractivity contribution in [1.29, 1.82) is 0 Å². The first-order valence-electron chi connectivity index (χ1n) is 37.5. The third-order valence-corrected chi connectivity index (χ3v) is 22.6. The van der Waals surface area contributed by atoms with Crippen LogP contribution in [0.1, 0.15) is 74.9 Å². The first-order chi connectivity index (χ1) is 57.2. The Balaban J connectivity index is 0.000000143. The van der Waals surface area contributed by atoms with E-state index in [1.54, 1.807) is 53.9 Å². The van der Waals surface area contributed by atoms with Crippen molar-refractivity contribution in [3.05, 3.63) is 366 Å². The third kappa shape index (κ3) is 20.5. The summed E-state index contributed by atoms with van der Waals surface area (Å²) in [5.41, 5.74) is 33.1. The molecule has 0 fully saturated rings. The number of thiazole rings is 1. The van der Waals surface area contributed by atoms with Gasteiger partial charge in [0, 0.05) is 141 Å². The molecule has 3 aliphatic carbocycles. The number of hydrogen-bond donors (Lipinski definition) is 0. The summed E-state index contributed by atoms with van der Waals surface area (Å²) in [7, 11) is 1.77. The van der Waals surface area contributed by atoms with Gasteiger partial charge in [0.2, 0.25) is 6.39 Å². The van der Waals surface area contributed by atoms with Crippen LogP contribution in [-0.2, 0) is 146 Å². The number of thiophene rings is 1. The summed E-state index contributed by atoms with van der Waals surface area (Å²) in [6.07, 6.45) is 7.99. The van der Waals surface area contributed by atoms with Crippen molar-refractivity contribution in [3.8, 4) is 140 Å². The molecule has 0 saturated heterocycles. The van der Waals surface area contributed by atoms with Crippen molar-refractivity contribution >= 4 is 34.2 Å². The first-order valence-corrected chi connectivity index (χ1v) is 40.2. The van der Waals surface area contributed by atoms with Crippen LogP contribution in [-0.4, -0.2) is 79.8 Å². The molecule has 0 amide bonds. The standard InChI is InChI=1S/C18H14NO.C18H14NS.C17H15N4.C16H10N5S.C14H9N2O.C13H8N3S.4Ir.2Pt/c2*1-18(2)15-6-4-3-5-13(15)14-8-7-12(9-16(14)18)17-10-20-11-19-17;1-17(2)14-7-5-4-6-12(14)13-9-8-11(10-15(13)17)16-18-20-21(3)19-16;1-2-9-17-14(7-1)12-5-3-6-13(11-12)16-18-20-21(19-16)15-8-4-10-22-15;1-2-5-11(6-3-1)12-7-4-8-13(9-12)14-15-10-17-16-14;1-2-7-14-12(6-1)10-4-3-5-11(8-10)13-15-9-17-16-13;;;;;;/h2*3-6,8-11H,1-2H3;4-7,9-10H,1-3H3;1-5,7-11H;1-7,9-10H;1-4,6-9H;;;;;;/q6*-1;;;;;;. The van der Waals surface area contributed by atoms with Crippen molar-refractivity contribution in [3.63, 3.8) is 0 Å². The number of aromatic nitrogens is 16. The Hall–Kier alpha value is -10.1. The van der Waals surface area contributed by atoms with E-state index >= 15 is 0 Å². The van der Waals surface area contributed by atoms with Crippen LogP contribution in [0.2, 0.25) is 0 Å². The Bertz CT molecular complexity index is 6360. The minimum absolute atomic E-state index is 0. The van der Waals surface area contributed by atoms with Gasteiger partial charge in [0.05, 0.1) is 41.5 Å². The average molecular weight is 2730 g/mol. The molecule has 0 saturated carbocycles. The summed E-state index contributed by atoms with van der Waals surface area (Å²) in [6.45, 7) is 13.6. The van der Waals surface area contributed by atoms with E-state index in [2.05, 4.69) is 275 Å². The van der Waals surface area contributed by atoms with E-state index < -0.39 is 0 Å². The molecule has 626 valence electrons. The summed E-state index contributed by atoms with van der Waals surface area (Å²) >= 11 is 4.53. The summed E-state index contributed by atoms with van der Waals surface area (Å²) in [5, 5.41) is 33.6. The van der Waals surface area contributed by atoms with Crippen LogP contribution >= 0.6 is 34.2 Å². The molecule has 0 aliphatic heterocycles. The number of oxazole rings is 1. The van der Waals surface area contributed by atoms with Crippen LogP contribution in [0.5, 0.6) is 0 Å². The maximum atomic E-state index is 5.07. The van der Waals surface area contributed by atoms with Crippen molar-refractivity contribution < 1.29 is 131 Å². The monoisotopic (exact) mass is 2740 g/mol. The molecule has 10 aromatic carbocycles. The molecule has 3 aliphatic rings. The molecule has 9 aromatic heterocycles. The number of tetrazole rings is 2. The number of rotatable bonds is 10. The number of benzene rings is 10.